The number of nitrogens with zero attached hydrogens (tertiary/aromatic N) is 5. The fourth-order valence-electron chi connectivity index (χ4n) is 4.36. The van der Waals surface area contributed by atoms with Crippen molar-refractivity contribution in [3.63, 3.8) is 0 Å². The predicted molar refractivity (Wildman–Crippen MR) is 132 cm³/mol. The number of hydrogen-bond acceptors (Lipinski definition) is 4. The molecule has 2 aromatic carbocycles. The van der Waals surface area contributed by atoms with Gasteiger partial charge in [-0.1, -0.05) is 0 Å². The molecule has 0 spiro atoms. The molecule has 36 heavy (non-hydrogen) atoms. The molecule has 9 heteroatoms. The van der Waals surface area contributed by atoms with Crippen LogP contribution >= 0.6 is 0 Å². The van der Waals surface area contributed by atoms with E-state index in [1.54, 1.807) is 35.0 Å². The number of halogens is 2. The minimum atomic E-state index is -0.364. The summed E-state index contributed by atoms with van der Waals surface area (Å²) in [5, 5.41) is 5.50. The number of fused-ring (bicyclic) bond motifs is 2. The molecule has 0 unspecified atom stereocenters. The first-order valence-electron chi connectivity index (χ1n) is 11.3. The molecule has 1 N–H and O–H groups in total. The van der Waals surface area contributed by atoms with Crippen LogP contribution in [-0.2, 0) is 13.5 Å². The molecule has 4 heterocycles. The number of aromatic amines is 1. The number of Topliss-reactive ketones (excluding diaryl/α,β-unsaturated/α-hetero) is 1. The van der Waals surface area contributed by atoms with Crippen LogP contribution in [0.25, 0.3) is 39.2 Å². The fraction of sp³-hybridized carbons (Fsp3) is 0.111. The highest BCUT2D eigenvalue weighted by Gasteiger charge is 2.19. The van der Waals surface area contributed by atoms with Gasteiger partial charge in [-0.3, -0.25) is 4.79 Å². The molecule has 0 fully saturated rings. The average Bonchev–Trinajstić information content (AvgIpc) is 3.54. The van der Waals surface area contributed by atoms with E-state index in [2.05, 4.69) is 15.0 Å². The molecule has 6 aromatic rings. The summed E-state index contributed by atoms with van der Waals surface area (Å²) >= 11 is 0. The van der Waals surface area contributed by atoms with E-state index in [4.69, 9.17) is 5.10 Å². The molecule has 0 saturated heterocycles. The Balaban J connectivity index is 1.33. The highest BCUT2D eigenvalue weighted by atomic mass is 19.1. The molecular weight excluding hydrogens is 462 g/mol. The highest BCUT2D eigenvalue weighted by molar-refractivity contribution is 6.00. The van der Waals surface area contributed by atoms with Gasteiger partial charge in [0.05, 0.1) is 35.4 Å². The number of carbonyl (C=O) groups excluding carboxylic acids is 1. The first-order valence-corrected chi connectivity index (χ1v) is 11.3. The van der Waals surface area contributed by atoms with E-state index in [0.717, 1.165) is 22.5 Å². The van der Waals surface area contributed by atoms with Crippen molar-refractivity contribution in [1.82, 2.24) is 29.1 Å². The van der Waals surface area contributed by atoms with Crippen LogP contribution in [0.15, 0.2) is 66.9 Å². The number of carbonyl (C=O) groups is 1. The van der Waals surface area contributed by atoms with Gasteiger partial charge in [0.1, 0.15) is 23.2 Å². The normalized spacial score (nSPS) is 11.6. The van der Waals surface area contributed by atoms with Crippen molar-refractivity contribution in [3.05, 3.63) is 95.7 Å². The van der Waals surface area contributed by atoms with Crippen LogP contribution < -0.4 is 0 Å². The van der Waals surface area contributed by atoms with E-state index in [0.29, 0.717) is 33.9 Å². The van der Waals surface area contributed by atoms with Gasteiger partial charge >= 0.3 is 0 Å². The summed E-state index contributed by atoms with van der Waals surface area (Å²) in [4.78, 5) is 25.1. The molecule has 0 radical (unpaired) electrons. The van der Waals surface area contributed by atoms with Crippen LogP contribution in [0.3, 0.4) is 0 Å². The van der Waals surface area contributed by atoms with Crippen molar-refractivity contribution >= 4 is 22.3 Å². The second-order valence-corrected chi connectivity index (χ2v) is 8.69. The third-order valence-electron chi connectivity index (χ3n) is 6.28. The van der Waals surface area contributed by atoms with Gasteiger partial charge in [-0.2, -0.15) is 5.10 Å². The summed E-state index contributed by atoms with van der Waals surface area (Å²) in [7, 11) is 1.90. The SMILES string of the molecule is Cc1nc(-c2ccc(F)cc2)c(-c2ccc3nc(CC(=O)c4cc5ccc(F)cc5[nH]4)cn3n2)n1C. The van der Waals surface area contributed by atoms with Gasteiger partial charge in [-0.05, 0) is 67.6 Å². The van der Waals surface area contributed by atoms with Crippen LogP contribution in [0.2, 0.25) is 0 Å². The Morgan fingerprint density at radius 1 is 0.972 bits per heavy atom. The van der Waals surface area contributed by atoms with Gasteiger partial charge < -0.3 is 9.55 Å². The van der Waals surface area contributed by atoms with Gasteiger partial charge in [0, 0.05) is 23.5 Å². The minimum absolute atomic E-state index is 0.0691. The minimum Gasteiger partial charge on any atom is -0.352 e. The van der Waals surface area contributed by atoms with E-state index >= 15 is 0 Å². The molecule has 0 saturated carbocycles. The lowest BCUT2D eigenvalue weighted by molar-refractivity contribution is 0.0988. The van der Waals surface area contributed by atoms with Crippen molar-refractivity contribution in [3.8, 4) is 22.6 Å². The van der Waals surface area contributed by atoms with Gasteiger partial charge in [0.25, 0.3) is 0 Å². The zero-order chi connectivity index (χ0) is 25.0. The lowest BCUT2D eigenvalue weighted by Crippen LogP contribution is -2.04. The number of aryl methyl sites for hydroxylation is 1. The fourth-order valence-corrected chi connectivity index (χ4v) is 4.36. The second kappa shape index (κ2) is 8.23. The third kappa shape index (κ3) is 3.74. The third-order valence-corrected chi connectivity index (χ3v) is 6.28. The molecule has 0 atom stereocenters. The van der Waals surface area contributed by atoms with Crippen molar-refractivity contribution in [2.75, 3.05) is 0 Å². The summed E-state index contributed by atoms with van der Waals surface area (Å²) < 4.78 is 30.5. The number of ketones is 1. The summed E-state index contributed by atoms with van der Waals surface area (Å²) in [5.41, 5.74) is 5.07. The Bertz CT molecular complexity index is 1780. The van der Waals surface area contributed by atoms with Crippen LogP contribution in [0.1, 0.15) is 22.0 Å². The van der Waals surface area contributed by atoms with E-state index in [9.17, 15) is 13.6 Å². The molecular formula is C27H20F2N6O. The molecule has 0 aliphatic carbocycles. The zero-order valence-corrected chi connectivity index (χ0v) is 19.5. The Morgan fingerprint density at radius 2 is 1.75 bits per heavy atom. The van der Waals surface area contributed by atoms with Gasteiger partial charge in [-0.15, -0.1) is 0 Å². The largest absolute Gasteiger partial charge is 0.352 e. The quantitative estimate of drug-likeness (QED) is 0.339. The van der Waals surface area contributed by atoms with Gasteiger partial charge in [0.15, 0.2) is 11.4 Å². The number of imidazole rings is 2. The predicted octanol–water partition coefficient (Wildman–Crippen LogP) is 5.29. The van der Waals surface area contributed by atoms with Crippen molar-refractivity contribution in [1.29, 1.82) is 0 Å². The van der Waals surface area contributed by atoms with Crippen LogP contribution in [0, 0.1) is 18.6 Å². The molecule has 7 nitrogen and oxygen atoms in total. The second-order valence-electron chi connectivity index (χ2n) is 8.69. The molecule has 0 bridgehead atoms. The number of benzene rings is 2. The lowest BCUT2D eigenvalue weighted by atomic mass is 10.1. The number of H-pyrrole nitrogens is 1. The van der Waals surface area contributed by atoms with E-state index in [-0.39, 0.29) is 23.8 Å². The molecule has 0 aliphatic heterocycles. The first kappa shape index (κ1) is 21.8. The summed E-state index contributed by atoms with van der Waals surface area (Å²) in [5.74, 6) is -0.0400. The summed E-state index contributed by atoms with van der Waals surface area (Å²) in [6.45, 7) is 1.90. The monoisotopic (exact) mass is 482 g/mol. The molecule has 6 rings (SSSR count). The lowest BCUT2D eigenvalue weighted by Gasteiger charge is -2.07. The van der Waals surface area contributed by atoms with Crippen molar-refractivity contribution in [2.45, 2.75) is 13.3 Å². The summed E-state index contributed by atoms with van der Waals surface area (Å²) in [6, 6.07) is 16.0. The average molecular weight is 482 g/mol. The van der Waals surface area contributed by atoms with Gasteiger partial charge in [0.2, 0.25) is 0 Å². The van der Waals surface area contributed by atoms with Crippen molar-refractivity contribution < 1.29 is 13.6 Å². The van der Waals surface area contributed by atoms with Crippen LogP contribution in [-0.4, -0.2) is 34.9 Å². The maximum absolute atomic E-state index is 13.5. The number of nitrogens with one attached hydrogen (secondary N) is 1. The Labute approximate surface area is 204 Å². The van der Waals surface area contributed by atoms with E-state index in [1.165, 1.54) is 24.3 Å². The molecule has 0 aliphatic rings. The smallest absolute Gasteiger partial charge is 0.185 e. The van der Waals surface area contributed by atoms with Crippen molar-refractivity contribution in [2.24, 2.45) is 7.05 Å². The highest BCUT2D eigenvalue weighted by Crippen LogP contribution is 2.31. The Hall–Kier alpha value is -4.66. The Kier molecular flexibility index (Phi) is 4.99. The number of hydrogen-bond donors (Lipinski definition) is 1. The standard InChI is InChI=1S/C27H20F2N6O/c1-15-30-26(16-3-6-18(28)7-4-16)27(34(15)2)21-9-10-25-31-20(14-35(25)33-21)13-24(36)23-11-17-5-8-19(29)12-22(17)32-23/h3-12,14,32H,13H2,1-2H3. The number of rotatable bonds is 5. The van der Waals surface area contributed by atoms with E-state index < -0.39 is 0 Å². The molecule has 178 valence electrons. The topological polar surface area (TPSA) is 80.9 Å². The summed E-state index contributed by atoms with van der Waals surface area (Å²) in [6.07, 6.45) is 1.79. The molecule has 0 amide bonds. The van der Waals surface area contributed by atoms with Crippen LogP contribution in [0.5, 0.6) is 0 Å². The van der Waals surface area contributed by atoms with Crippen LogP contribution in [0.4, 0.5) is 8.78 Å². The zero-order valence-electron chi connectivity index (χ0n) is 19.5. The molecule has 4 aromatic heterocycles. The van der Waals surface area contributed by atoms with E-state index in [1.807, 2.05) is 30.7 Å². The maximum atomic E-state index is 13.5. The number of aromatic nitrogens is 6. The first-order chi connectivity index (χ1) is 17.4. The maximum Gasteiger partial charge on any atom is 0.185 e. The Morgan fingerprint density at radius 3 is 2.56 bits per heavy atom. The van der Waals surface area contributed by atoms with Gasteiger partial charge in [-0.25, -0.2) is 23.3 Å².